The summed E-state index contributed by atoms with van der Waals surface area (Å²) in [4.78, 5) is 11.5. The van der Waals surface area contributed by atoms with Crippen LogP contribution < -0.4 is 0 Å². The first-order chi connectivity index (χ1) is 10.2. The lowest BCUT2D eigenvalue weighted by Crippen LogP contribution is -2.25. The van der Waals surface area contributed by atoms with Crippen molar-refractivity contribution in [1.29, 1.82) is 0 Å². The van der Waals surface area contributed by atoms with Crippen molar-refractivity contribution in [1.82, 2.24) is 0 Å². The lowest BCUT2D eigenvalue weighted by Gasteiger charge is -2.24. The van der Waals surface area contributed by atoms with Crippen molar-refractivity contribution in [3.8, 4) is 0 Å². The predicted octanol–water partition coefficient (Wildman–Crippen LogP) is 12.8. The molecule has 1 nitrogen and oxygen atoms in total. The standard InChI is InChI=1S/C10H20O.C10H22.C3H8.7CH4/c1-9(2,3)7-8(11)10(4,5)6;1-9(2,3)7-8-10(4,5)6;1-3-2;;;;;;;/h7H2,1-6H3;7-8H2,1-6H3;3H2,1-2H3;7*1H4. The highest BCUT2D eigenvalue weighted by molar-refractivity contribution is 5.84. The van der Waals surface area contributed by atoms with Crippen LogP contribution in [-0.4, -0.2) is 5.78 Å². The quantitative estimate of drug-likeness (QED) is 0.405. The van der Waals surface area contributed by atoms with Crippen LogP contribution in [0, 0.1) is 21.7 Å². The monoisotopic (exact) mass is 455 g/mol. The maximum Gasteiger partial charge on any atom is 0.138 e. The van der Waals surface area contributed by atoms with Gasteiger partial charge in [-0.3, -0.25) is 4.79 Å². The van der Waals surface area contributed by atoms with E-state index < -0.39 is 0 Å². The highest BCUT2D eigenvalue weighted by atomic mass is 16.1. The Hall–Kier alpha value is -0.330. The Morgan fingerprint density at radius 2 is 0.677 bits per heavy atom. The van der Waals surface area contributed by atoms with Gasteiger partial charge in [0.1, 0.15) is 5.78 Å². The Labute approximate surface area is 207 Å². The van der Waals surface area contributed by atoms with Gasteiger partial charge in [-0.1, -0.05) is 155 Å². The maximum atomic E-state index is 11.5. The molecule has 0 aliphatic heterocycles. The summed E-state index contributed by atoms with van der Waals surface area (Å²) in [7, 11) is 0. The molecule has 0 saturated carbocycles. The Morgan fingerprint density at radius 1 is 0.484 bits per heavy atom. The summed E-state index contributed by atoms with van der Waals surface area (Å²) in [6.45, 7) is 30.3. The van der Waals surface area contributed by atoms with Gasteiger partial charge in [-0.15, -0.1) is 0 Å². The second kappa shape index (κ2) is 25.9. The third kappa shape index (κ3) is 72.8. The minimum Gasteiger partial charge on any atom is -0.299 e. The molecule has 1 heteroatoms. The number of carbonyl (C=O) groups is 1. The van der Waals surface area contributed by atoms with Gasteiger partial charge in [-0.25, -0.2) is 0 Å². The van der Waals surface area contributed by atoms with Crippen LogP contribution in [0.3, 0.4) is 0 Å². The van der Waals surface area contributed by atoms with Crippen molar-refractivity contribution in [2.24, 2.45) is 21.7 Å². The van der Waals surface area contributed by atoms with Crippen molar-refractivity contribution < 1.29 is 4.79 Å². The third-order valence-electron chi connectivity index (χ3n) is 3.15. The molecule has 0 atom stereocenters. The molecule has 0 N–H and O–H groups in total. The molecule has 0 amide bonds. The van der Waals surface area contributed by atoms with E-state index >= 15 is 0 Å². The minimum atomic E-state index is -0.173. The molecule has 0 radical (unpaired) electrons. The first-order valence-corrected chi connectivity index (χ1v) is 9.78. The Kier molecular flexibility index (Phi) is 52.9. The first kappa shape index (κ1) is 63.2. The predicted molar refractivity (Wildman–Crippen MR) is 160 cm³/mol. The second-order valence-corrected chi connectivity index (χ2v) is 11.7. The minimum absolute atomic E-state index is 0. The molecule has 0 unspecified atom stereocenters. The molecule has 0 spiro atoms. The van der Waals surface area contributed by atoms with E-state index in [0.29, 0.717) is 23.0 Å². The largest absolute Gasteiger partial charge is 0.299 e. The first-order valence-electron chi connectivity index (χ1n) is 9.78. The summed E-state index contributed by atoms with van der Waals surface area (Å²) < 4.78 is 0. The molecule has 204 valence electrons. The Bertz CT molecular complexity index is 296. The number of hydrogen-bond acceptors (Lipinski definition) is 1. The van der Waals surface area contributed by atoms with Crippen molar-refractivity contribution >= 4 is 5.78 Å². The summed E-state index contributed by atoms with van der Waals surface area (Å²) in [5.41, 5.74) is 0.970. The van der Waals surface area contributed by atoms with E-state index in [1.807, 2.05) is 20.8 Å². The summed E-state index contributed by atoms with van der Waals surface area (Å²) in [6, 6.07) is 0. The molecule has 0 fully saturated rings. The fraction of sp³-hybridized carbons (Fsp3) is 0.967. The number of carbonyl (C=O) groups excluding carboxylic acids is 1. The molecule has 0 aromatic heterocycles. The van der Waals surface area contributed by atoms with Crippen molar-refractivity contribution in [2.45, 2.75) is 175 Å². The van der Waals surface area contributed by atoms with Gasteiger partial charge in [0, 0.05) is 11.8 Å². The molecule has 31 heavy (non-hydrogen) atoms. The van der Waals surface area contributed by atoms with Crippen LogP contribution in [0.1, 0.15) is 175 Å². The van der Waals surface area contributed by atoms with Crippen LogP contribution in [0.15, 0.2) is 0 Å². The number of Topliss-reactive ketones (excluding diaryl/α,β-unsaturated/α-hetero) is 1. The van der Waals surface area contributed by atoms with Crippen LogP contribution in [0.2, 0.25) is 0 Å². The van der Waals surface area contributed by atoms with Crippen molar-refractivity contribution in [2.75, 3.05) is 0 Å². The van der Waals surface area contributed by atoms with E-state index in [2.05, 4.69) is 76.2 Å². The van der Waals surface area contributed by atoms with Crippen LogP contribution >= 0.6 is 0 Å². The summed E-state index contributed by atoms with van der Waals surface area (Å²) in [5, 5.41) is 0. The zero-order valence-electron chi connectivity index (χ0n) is 19.7. The van der Waals surface area contributed by atoms with Crippen molar-refractivity contribution in [3.63, 3.8) is 0 Å². The van der Waals surface area contributed by atoms with Gasteiger partial charge in [0.05, 0.1) is 0 Å². The van der Waals surface area contributed by atoms with E-state index in [4.69, 9.17) is 0 Å². The molecule has 0 aliphatic rings. The summed E-state index contributed by atoms with van der Waals surface area (Å²) in [5.74, 6) is 0.352. The van der Waals surface area contributed by atoms with Gasteiger partial charge >= 0.3 is 0 Å². The van der Waals surface area contributed by atoms with Gasteiger partial charge in [0.2, 0.25) is 0 Å². The lowest BCUT2D eigenvalue weighted by molar-refractivity contribution is -0.128. The van der Waals surface area contributed by atoms with E-state index in [0.717, 1.165) is 0 Å². The molecular formula is C30H78O. The normalized spacial score (nSPS) is 9.74. The molecule has 0 bridgehead atoms. The average Bonchev–Trinajstić information content (AvgIpc) is 2.23. The number of ketones is 1. The smallest absolute Gasteiger partial charge is 0.138 e. The van der Waals surface area contributed by atoms with E-state index in [9.17, 15) is 4.79 Å². The fourth-order valence-corrected chi connectivity index (χ4v) is 1.50. The van der Waals surface area contributed by atoms with E-state index in [1.54, 1.807) is 0 Å². The highest BCUT2D eigenvalue weighted by Crippen LogP contribution is 2.29. The summed E-state index contributed by atoms with van der Waals surface area (Å²) >= 11 is 0. The van der Waals surface area contributed by atoms with Crippen LogP contribution in [0.25, 0.3) is 0 Å². The van der Waals surface area contributed by atoms with Crippen LogP contribution in [0.4, 0.5) is 0 Å². The van der Waals surface area contributed by atoms with E-state index in [-0.39, 0.29) is 62.8 Å². The fourth-order valence-electron chi connectivity index (χ4n) is 1.50. The Balaban J connectivity index is -0.0000000262. The van der Waals surface area contributed by atoms with Gasteiger partial charge in [0.25, 0.3) is 0 Å². The van der Waals surface area contributed by atoms with Gasteiger partial charge in [0.15, 0.2) is 0 Å². The van der Waals surface area contributed by atoms with Crippen LogP contribution in [-0.2, 0) is 4.79 Å². The lowest BCUT2D eigenvalue weighted by atomic mass is 9.80. The number of rotatable bonds is 2. The zero-order chi connectivity index (χ0) is 20.4. The van der Waals surface area contributed by atoms with Gasteiger partial charge in [-0.05, 0) is 29.1 Å². The van der Waals surface area contributed by atoms with E-state index in [1.165, 1.54) is 19.3 Å². The Morgan fingerprint density at radius 3 is 0.742 bits per heavy atom. The highest BCUT2D eigenvalue weighted by Gasteiger charge is 2.25. The van der Waals surface area contributed by atoms with Gasteiger partial charge < -0.3 is 0 Å². The number of hydrogen-bond donors (Lipinski definition) is 0. The average molecular weight is 455 g/mol. The molecule has 0 saturated heterocycles. The second-order valence-electron chi connectivity index (χ2n) is 11.7. The summed E-state index contributed by atoms with van der Waals surface area (Å²) in [6.07, 6.45) is 4.59. The molecule has 0 heterocycles. The maximum absolute atomic E-state index is 11.5. The SMILES string of the molecule is C.C.C.C.C.C.C.CC(C)(C)CC(=O)C(C)(C)C.CC(C)(C)CCC(C)(C)C.CCC. The molecule has 0 aromatic carbocycles. The molecular weight excluding hydrogens is 376 g/mol. The van der Waals surface area contributed by atoms with Gasteiger partial charge in [-0.2, -0.15) is 0 Å². The molecule has 0 aromatic rings. The third-order valence-corrected chi connectivity index (χ3v) is 3.15. The molecule has 0 rings (SSSR count). The van der Waals surface area contributed by atoms with Crippen molar-refractivity contribution in [3.05, 3.63) is 0 Å². The zero-order valence-corrected chi connectivity index (χ0v) is 19.7. The van der Waals surface area contributed by atoms with Crippen LogP contribution in [0.5, 0.6) is 0 Å². The topological polar surface area (TPSA) is 17.1 Å². The molecule has 0 aliphatic carbocycles.